The molecule has 2 heterocycles. The van der Waals surface area contributed by atoms with Crippen LogP contribution in [0, 0.1) is 0 Å². The molecule has 1 spiro atoms. The first-order valence-corrected chi connectivity index (χ1v) is 10.4. The minimum atomic E-state index is -0.165. The van der Waals surface area contributed by atoms with Crippen molar-refractivity contribution in [2.24, 2.45) is 0 Å². The van der Waals surface area contributed by atoms with Gasteiger partial charge in [0.25, 0.3) is 5.91 Å². The van der Waals surface area contributed by atoms with E-state index in [2.05, 4.69) is 15.9 Å². The molecule has 130 valence electrons. The highest BCUT2D eigenvalue weighted by Gasteiger charge is 2.46. The lowest BCUT2D eigenvalue weighted by atomic mass is 10.0. The van der Waals surface area contributed by atoms with Crippen molar-refractivity contribution in [1.29, 1.82) is 0 Å². The summed E-state index contributed by atoms with van der Waals surface area (Å²) < 4.78 is 0.968. The van der Waals surface area contributed by atoms with Gasteiger partial charge in [0.2, 0.25) is 5.91 Å². The van der Waals surface area contributed by atoms with Gasteiger partial charge < -0.3 is 9.80 Å². The fourth-order valence-corrected chi connectivity index (χ4v) is 5.28. The molecular formula is C17H20BrClN2O2S. The molecule has 7 heteroatoms. The summed E-state index contributed by atoms with van der Waals surface area (Å²) in [5.74, 6) is 1.53. The van der Waals surface area contributed by atoms with Gasteiger partial charge in [0.15, 0.2) is 0 Å². The average Bonchev–Trinajstić information content (AvgIpc) is 2.99. The zero-order chi connectivity index (χ0) is 17.2. The molecule has 3 rings (SSSR count). The molecule has 1 aromatic carbocycles. The number of nitrogens with zero attached hydrogens (tertiary/aromatic N) is 2. The quantitative estimate of drug-likeness (QED) is 0.687. The minimum Gasteiger partial charge on any atom is -0.342 e. The Hall–Kier alpha value is -0.720. The van der Waals surface area contributed by atoms with Crippen LogP contribution < -0.4 is 0 Å². The largest absolute Gasteiger partial charge is 0.342 e. The number of carbonyl (C=O) groups excluding carboxylic acids is 2. The Morgan fingerprint density at radius 3 is 2.46 bits per heavy atom. The van der Waals surface area contributed by atoms with Gasteiger partial charge in [-0.3, -0.25) is 9.59 Å². The Morgan fingerprint density at radius 2 is 1.83 bits per heavy atom. The van der Waals surface area contributed by atoms with Crippen molar-refractivity contribution >= 4 is 51.1 Å². The molecule has 0 radical (unpaired) electrons. The van der Waals surface area contributed by atoms with Gasteiger partial charge in [-0.1, -0.05) is 15.9 Å². The van der Waals surface area contributed by atoms with E-state index in [0.717, 1.165) is 35.2 Å². The van der Waals surface area contributed by atoms with Crippen LogP contribution in [0.5, 0.6) is 0 Å². The first kappa shape index (κ1) is 18.1. The second kappa shape index (κ2) is 7.67. The Bertz CT molecular complexity index is 618. The number of amides is 2. The maximum atomic E-state index is 12.9. The molecule has 2 fully saturated rings. The molecule has 0 atom stereocenters. The highest BCUT2D eigenvalue weighted by molar-refractivity contribution is 9.10. The third-order valence-electron chi connectivity index (χ3n) is 4.72. The number of piperidine rings is 1. The van der Waals surface area contributed by atoms with Gasteiger partial charge in [0.1, 0.15) is 0 Å². The fraction of sp³-hybridized carbons (Fsp3) is 0.529. The maximum absolute atomic E-state index is 12.9. The summed E-state index contributed by atoms with van der Waals surface area (Å²) in [4.78, 5) is 28.7. The summed E-state index contributed by atoms with van der Waals surface area (Å²) in [5.41, 5.74) is 0.723. The normalized spacial score (nSPS) is 19.8. The van der Waals surface area contributed by atoms with Crippen molar-refractivity contribution < 1.29 is 9.59 Å². The van der Waals surface area contributed by atoms with E-state index in [1.807, 2.05) is 45.8 Å². The zero-order valence-corrected chi connectivity index (χ0v) is 16.5. The monoisotopic (exact) mass is 430 g/mol. The van der Waals surface area contributed by atoms with Crippen LogP contribution in [0.2, 0.25) is 0 Å². The first-order chi connectivity index (χ1) is 11.6. The summed E-state index contributed by atoms with van der Waals surface area (Å²) in [6.45, 7) is 2.18. The number of alkyl halides is 1. The smallest absolute Gasteiger partial charge is 0.254 e. The summed E-state index contributed by atoms with van der Waals surface area (Å²) in [5, 5.41) is 0. The van der Waals surface area contributed by atoms with E-state index in [-0.39, 0.29) is 16.7 Å². The fourth-order valence-electron chi connectivity index (χ4n) is 3.40. The van der Waals surface area contributed by atoms with Crippen LogP contribution >= 0.6 is 39.3 Å². The van der Waals surface area contributed by atoms with Gasteiger partial charge in [0.05, 0.1) is 4.87 Å². The summed E-state index contributed by atoms with van der Waals surface area (Å²) in [7, 11) is 0. The first-order valence-electron chi connectivity index (χ1n) is 8.11. The molecule has 2 aliphatic rings. The Balaban J connectivity index is 1.70. The molecular weight excluding hydrogens is 412 g/mol. The van der Waals surface area contributed by atoms with E-state index in [9.17, 15) is 9.59 Å². The van der Waals surface area contributed by atoms with E-state index in [1.165, 1.54) is 0 Å². The number of likely N-dealkylation sites (tertiary alicyclic amines) is 1. The maximum Gasteiger partial charge on any atom is 0.254 e. The van der Waals surface area contributed by atoms with E-state index in [4.69, 9.17) is 11.6 Å². The predicted octanol–water partition coefficient (Wildman–Crippen LogP) is 3.59. The second-order valence-electron chi connectivity index (χ2n) is 6.08. The van der Waals surface area contributed by atoms with Crippen molar-refractivity contribution in [2.75, 3.05) is 31.3 Å². The number of rotatable bonds is 3. The van der Waals surface area contributed by atoms with Crippen LogP contribution in [0.15, 0.2) is 28.7 Å². The molecule has 0 aromatic heterocycles. The van der Waals surface area contributed by atoms with Crippen LogP contribution in [0.4, 0.5) is 0 Å². The minimum absolute atomic E-state index is 0.0908. The van der Waals surface area contributed by atoms with Crippen molar-refractivity contribution in [3.63, 3.8) is 0 Å². The number of benzene rings is 1. The van der Waals surface area contributed by atoms with Gasteiger partial charge in [-0.15, -0.1) is 23.4 Å². The molecule has 0 bridgehead atoms. The van der Waals surface area contributed by atoms with E-state index >= 15 is 0 Å². The molecule has 2 saturated heterocycles. The molecule has 1 aromatic rings. The molecule has 0 N–H and O–H groups in total. The van der Waals surface area contributed by atoms with E-state index in [0.29, 0.717) is 25.4 Å². The molecule has 0 unspecified atom stereocenters. The predicted molar refractivity (Wildman–Crippen MR) is 102 cm³/mol. The lowest BCUT2D eigenvalue weighted by molar-refractivity contribution is -0.132. The highest BCUT2D eigenvalue weighted by Crippen LogP contribution is 2.44. The lowest BCUT2D eigenvalue weighted by Crippen LogP contribution is -2.53. The number of carbonyl (C=O) groups is 2. The molecule has 0 aliphatic carbocycles. The molecule has 24 heavy (non-hydrogen) atoms. The number of halogens is 2. The third kappa shape index (κ3) is 3.60. The Kier molecular flexibility index (Phi) is 5.78. The Morgan fingerprint density at radius 1 is 1.17 bits per heavy atom. The van der Waals surface area contributed by atoms with Crippen LogP contribution in [-0.2, 0) is 4.79 Å². The number of thioether (sulfide) groups is 1. The summed E-state index contributed by atoms with van der Waals surface area (Å²) in [6.07, 6.45) is 2.05. The number of hydrogen-bond acceptors (Lipinski definition) is 3. The van der Waals surface area contributed by atoms with Crippen LogP contribution in [-0.4, -0.2) is 57.8 Å². The van der Waals surface area contributed by atoms with Crippen LogP contribution in [0.1, 0.15) is 29.6 Å². The Labute approximate surface area is 160 Å². The number of hydrogen-bond donors (Lipinski definition) is 0. The van der Waals surface area contributed by atoms with Gasteiger partial charge in [-0.05, 0) is 37.1 Å². The molecule has 2 aliphatic heterocycles. The lowest BCUT2D eigenvalue weighted by Gasteiger charge is -2.44. The van der Waals surface area contributed by atoms with Gasteiger partial charge >= 0.3 is 0 Å². The third-order valence-corrected chi connectivity index (χ3v) is 6.99. The molecule has 4 nitrogen and oxygen atoms in total. The highest BCUT2D eigenvalue weighted by atomic mass is 79.9. The SMILES string of the molecule is O=C(CCCl)N1CCC2(CC1)SCCN2C(=O)c1ccc(Br)cc1. The van der Waals surface area contributed by atoms with Crippen molar-refractivity contribution in [3.8, 4) is 0 Å². The molecule has 0 saturated carbocycles. The van der Waals surface area contributed by atoms with Crippen LogP contribution in [0.3, 0.4) is 0 Å². The standard InChI is InChI=1S/C17H20BrClN2O2S/c18-14-3-1-13(2-4-14)16(23)21-11-12-24-17(21)6-9-20(10-7-17)15(22)5-8-19/h1-4H,5-12H2. The van der Waals surface area contributed by atoms with Crippen molar-refractivity contribution in [2.45, 2.75) is 24.1 Å². The van der Waals surface area contributed by atoms with Gasteiger partial charge in [0, 0.05) is 47.7 Å². The van der Waals surface area contributed by atoms with E-state index < -0.39 is 0 Å². The summed E-state index contributed by atoms with van der Waals surface area (Å²) >= 11 is 10.9. The van der Waals surface area contributed by atoms with Crippen LogP contribution in [0.25, 0.3) is 0 Å². The second-order valence-corrected chi connectivity index (χ2v) is 8.83. The summed E-state index contributed by atoms with van der Waals surface area (Å²) in [6, 6.07) is 7.53. The topological polar surface area (TPSA) is 40.6 Å². The average molecular weight is 432 g/mol. The van der Waals surface area contributed by atoms with Crippen molar-refractivity contribution in [1.82, 2.24) is 9.80 Å². The van der Waals surface area contributed by atoms with E-state index in [1.54, 1.807) is 0 Å². The molecule has 2 amide bonds. The van der Waals surface area contributed by atoms with Gasteiger partial charge in [-0.2, -0.15) is 0 Å². The van der Waals surface area contributed by atoms with Crippen molar-refractivity contribution in [3.05, 3.63) is 34.3 Å². The van der Waals surface area contributed by atoms with Gasteiger partial charge in [-0.25, -0.2) is 0 Å². The zero-order valence-electron chi connectivity index (χ0n) is 13.3.